The van der Waals surface area contributed by atoms with E-state index in [1.165, 1.54) is 12.5 Å². The first-order valence-electron chi connectivity index (χ1n) is 10.3. The van der Waals surface area contributed by atoms with Crippen molar-refractivity contribution in [3.8, 4) is 0 Å². The predicted molar refractivity (Wildman–Crippen MR) is 125 cm³/mol. The highest BCUT2D eigenvalue weighted by Gasteiger charge is 2.29. The molecular formula is C21H20ClN5O5S. The van der Waals surface area contributed by atoms with Gasteiger partial charge in [-0.1, -0.05) is 11.6 Å². The zero-order valence-corrected chi connectivity index (χ0v) is 19.0. The van der Waals surface area contributed by atoms with Gasteiger partial charge < -0.3 is 14.1 Å². The number of benzene rings is 1. The molecule has 2 aliphatic rings. The molecule has 4 heterocycles. The smallest absolute Gasteiger partial charge is 0.245 e. The highest BCUT2D eigenvalue weighted by Crippen LogP contribution is 2.29. The number of morpholine rings is 1. The van der Waals surface area contributed by atoms with Crippen molar-refractivity contribution in [3.05, 3.63) is 56.5 Å². The van der Waals surface area contributed by atoms with Gasteiger partial charge in [0.2, 0.25) is 11.4 Å². The Labute approximate surface area is 194 Å². The second-order valence-corrected chi connectivity index (χ2v) is 10.4. The van der Waals surface area contributed by atoms with Crippen LogP contribution >= 0.6 is 11.6 Å². The van der Waals surface area contributed by atoms with Crippen molar-refractivity contribution >= 4 is 50.4 Å². The standard InChI is InChI=1S/C21H20ClN5O5S/c22-14-1-2-18-15(9-14)19(28)13(11-32-18)10-23-26-21-24-17-3-8-33(29,30)12-16(17)20(25-21)27-4-6-31-7-5-27/h1-2,9-11H,3-8,12H2,(H,24,25,26)/b23-10+. The average molecular weight is 490 g/mol. The first-order valence-corrected chi connectivity index (χ1v) is 12.5. The number of nitrogens with zero attached hydrogens (tertiary/aromatic N) is 4. The molecule has 2 aliphatic heterocycles. The molecule has 33 heavy (non-hydrogen) atoms. The zero-order valence-electron chi connectivity index (χ0n) is 17.5. The van der Waals surface area contributed by atoms with Crippen LogP contribution < -0.4 is 15.8 Å². The van der Waals surface area contributed by atoms with E-state index >= 15 is 0 Å². The molecule has 12 heteroatoms. The van der Waals surface area contributed by atoms with Crippen molar-refractivity contribution in [2.75, 3.05) is 42.4 Å². The Morgan fingerprint density at radius 3 is 2.85 bits per heavy atom. The number of hydrogen-bond acceptors (Lipinski definition) is 10. The maximum absolute atomic E-state index is 12.7. The Bertz CT molecular complexity index is 1420. The Balaban J connectivity index is 1.45. The fourth-order valence-corrected chi connectivity index (χ4v) is 5.43. The SMILES string of the molecule is O=c1c(/C=N/Nc2nc3c(c(N4CCOCC4)n2)CS(=O)(=O)CC3)coc2ccc(Cl)cc12. The maximum Gasteiger partial charge on any atom is 0.245 e. The topological polar surface area (TPSA) is 127 Å². The van der Waals surface area contributed by atoms with Crippen LogP contribution in [0.15, 0.2) is 38.8 Å². The zero-order chi connectivity index (χ0) is 23.0. The molecular weight excluding hydrogens is 470 g/mol. The molecule has 0 radical (unpaired) electrons. The molecule has 172 valence electrons. The van der Waals surface area contributed by atoms with Crippen LogP contribution in [-0.2, 0) is 26.7 Å². The molecule has 1 aromatic carbocycles. The second-order valence-electron chi connectivity index (χ2n) is 7.77. The van der Waals surface area contributed by atoms with Crippen LogP contribution in [0.4, 0.5) is 11.8 Å². The van der Waals surface area contributed by atoms with Gasteiger partial charge >= 0.3 is 0 Å². The first-order chi connectivity index (χ1) is 15.9. The number of ether oxygens (including phenoxy) is 1. The lowest BCUT2D eigenvalue weighted by molar-refractivity contribution is 0.122. The number of fused-ring (bicyclic) bond motifs is 2. The molecule has 0 bridgehead atoms. The number of halogens is 1. The van der Waals surface area contributed by atoms with Gasteiger partial charge in [-0.15, -0.1) is 0 Å². The van der Waals surface area contributed by atoms with E-state index in [0.29, 0.717) is 65.8 Å². The summed E-state index contributed by atoms with van der Waals surface area (Å²) in [4.78, 5) is 23.7. The molecule has 0 saturated carbocycles. The van der Waals surface area contributed by atoms with Gasteiger partial charge in [-0.3, -0.25) is 4.79 Å². The highest BCUT2D eigenvalue weighted by atomic mass is 35.5. The van der Waals surface area contributed by atoms with Gasteiger partial charge in [-0.2, -0.15) is 10.1 Å². The van der Waals surface area contributed by atoms with E-state index < -0.39 is 9.84 Å². The lowest BCUT2D eigenvalue weighted by Gasteiger charge is -2.31. The van der Waals surface area contributed by atoms with E-state index in [9.17, 15) is 13.2 Å². The molecule has 0 atom stereocenters. The number of aryl methyl sites for hydroxylation is 1. The largest absolute Gasteiger partial charge is 0.463 e. The van der Waals surface area contributed by atoms with Crippen LogP contribution in [0, 0.1) is 0 Å². The predicted octanol–water partition coefficient (Wildman–Crippen LogP) is 1.99. The van der Waals surface area contributed by atoms with Crippen molar-refractivity contribution in [1.82, 2.24) is 9.97 Å². The number of nitrogens with one attached hydrogen (secondary N) is 1. The third-order valence-corrected chi connectivity index (χ3v) is 7.31. The monoisotopic (exact) mass is 489 g/mol. The van der Waals surface area contributed by atoms with Crippen LogP contribution in [0.25, 0.3) is 11.0 Å². The Morgan fingerprint density at radius 1 is 1.21 bits per heavy atom. The van der Waals surface area contributed by atoms with Crippen molar-refractivity contribution in [1.29, 1.82) is 0 Å². The van der Waals surface area contributed by atoms with Crippen molar-refractivity contribution < 1.29 is 17.6 Å². The number of sulfone groups is 1. The van der Waals surface area contributed by atoms with E-state index in [0.717, 1.165) is 0 Å². The number of hydrogen-bond donors (Lipinski definition) is 1. The highest BCUT2D eigenvalue weighted by molar-refractivity contribution is 7.90. The van der Waals surface area contributed by atoms with Crippen LogP contribution in [0.1, 0.15) is 16.8 Å². The summed E-state index contributed by atoms with van der Waals surface area (Å²) in [5.41, 5.74) is 4.46. The van der Waals surface area contributed by atoms with Gasteiger partial charge in [0, 0.05) is 30.1 Å². The summed E-state index contributed by atoms with van der Waals surface area (Å²) < 4.78 is 35.3. The number of hydrazone groups is 1. The summed E-state index contributed by atoms with van der Waals surface area (Å²) in [6.07, 6.45) is 2.96. The van der Waals surface area contributed by atoms with Gasteiger partial charge in [0.25, 0.3) is 0 Å². The third-order valence-electron chi connectivity index (χ3n) is 5.53. The second kappa shape index (κ2) is 8.73. The maximum atomic E-state index is 12.7. The fourth-order valence-electron chi connectivity index (χ4n) is 3.87. The van der Waals surface area contributed by atoms with Crippen LogP contribution in [0.5, 0.6) is 0 Å². The molecule has 5 rings (SSSR count). The Hall–Kier alpha value is -3.02. The molecule has 3 aromatic rings. The summed E-state index contributed by atoms with van der Waals surface area (Å²) in [5, 5.41) is 4.90. The number of aromatic nitrogens is 2. The van der Waals surface area contributed by atoms with Gasteiger partial charge in [0.15, 0.2) is 9.84 Å². The van der Waals surface area contributed by atoms with Crippen LogP contribution in [0.3, 0.4) is 0 Å². The lowest BCUT2D eigenvalue weighted by Crippen LogP contribution is -2.38. The molecule has 1 fully saturated rings. The summed E-state index contributed by atoms with van der Waals surface area (Å²) in [7, 11) is -3.19. The minimum absolute atomic E-state index is 0.0446. The summed E-state index contributed by atoms with van der Waals surface area (Å²) in [6, 6.07) is 4.82. The Morgan fingerprint density at radius 2 is 2.03 bits per heavy atom. The van der Waals surface area contributed by atoms with Crippen molar-refractivity contribution in [3.63, 3.8) is 0 Å². The summed E-state index contributed by atoms with van der Waals surface area (Å²) in [5.74, 6) is 0.755. The van der Waals surface area contributed by atoms with E-state index in [-0.39, 0.29) is 28.4 Å². The fraction of sp³-hybridized carbons (Fsp3) is 0.333. The quantitative estimate of drug-likeness (QED) is 0.432. The molecule has 2 aromatic heterocycles. The van der Waals surface area contributed by atoms with Gasteiger partial charge in [-0.25, -0.2) is 18.8 Å². The number of anilines is 2. The minimum Gasteiger partial charge on any atom is -0.463 e. The van der Waals surface area contributed by atoms with Gasteiger partial charge in [0.05, 0.1) is 47.6 Å². The normalized spacial score (nSPS) is 17.9. The lowest BCUT2D eigenvalue weighted by atomic mass is 10.1. The van der Waals surface area contributed by atoms with Crippen molar-refractivity contribution in [2.45, 2.75) is 12.2 Å². The molecule has 0 amide bonds. The summed E-state index contributed by atoms with van der Waals surface area (Å²) >= 11 is 5.99. The summed E-state index contributed by atoms with van der Waals surface area (Å²) in [6.45, 7) is 2.28. The molecule has 1 saturated heterocycles. The van der Waals surface area contributed by atoms with Crippen LogP contribution in [0.2, 0.25) is 5.02 Å². The van der Waals surface area contributed by atoms with E-state index in [1.807, 2.05) is 4.90 Å². The first kappa shape index (κ1) is 21.8. The third kappa shape index (κ3) is 4.56. The molecule has 0 unspecified atom stereocenters. The van der Waals surface area contributed by atoms with E-state index in [2.05, 4.69) is 20.5 Å². The Kier molecular flexibility index (Phi) is 5.77. The van der Waals surface area contributed by atoms with Gasteiger partial charge in [0.1, 0.15) is 17.7 Å². The van der Waals surface area contributed by atoms with Gasteiger partial charge in [-0.05, 0) is 18.2 Å². The van der Waals surface area contributed by atoms with E-state index in [4.69, 9.17) is 20.8 Å². The van der Waals surface area contributed by atoms with Crippen LogP contribution in [-0.4, -0.2) is 56.7 Å². The minimum atomic E-state index is -3.19. The number of rotatable bonds is 4. The van der Waals surface area contributed by atoms with E-state index in [1.54, 1.807) is 18.2 Å². The molecule has 0 spiro atoms. The molecule has 10 nitrogen and oxygen atoms in total. The van der Waals surface area contributed by atoms with Crippen molar-refractivity contribution in [2.24, 2.45) is 5.10 Å². The molecule has 0 aliphatic carbocycles. The average Bonchev–Trinajstić information content (AvgIpc) is 2.81. The molecule has 1 N–H and O–H groups in total.